The molecule has 220 valence electrons. The molecule has 0 N–H and O–H groups in total. The summed E-state index contributed by atoms with van der Waals surface area (Å²) in [4.78, 5) is 39.5. The maximum absolute atomic E-state index is 16.1. The summed E-state index contributed by atoms with van der Waals surface area (Å²) in [7, 11) is 0. The first-order chi connectivity index (χ1) is 20.6. The van der Waals surface area contributed by atoms with Crippen LogP contribution in [-0.4, -0.2) is 98.4 Å². The number of hydrogen-bond acceptors (Lipinski definition) is 9. The molecule has 0 unspecified atom stereocenters. The fourth-order valence-electron chi connectivity index (χ4n) is 6.33. The molecule has 1 amide bonds. The van der Waals surface area contributed by atoms with E-state index in [1.54, 1.807) is 28.6 Å². The maximum Gasteiger partial charge on any atom is 0.260 e. The van der Waals surface area contributed by atoms with Crippen LogP contribution in [0, 0.1) is 0 Å². The molecule has 0 radical (unpaired) electrons. The number of amides is 1. The summed E-state index contributed by atoms with van der Waals surface area (Å²) < 4.78 is 23.7. The van der Waals surface area contributed by atoms with Crippen LogP contribution in [0.3, 0.4) is 0 Å². The molecule has 7 rings (SSSR count). The monoisotopic (exact) mass is 590 g/mol. The number of aromatic nitrogens is 5. The number of rotatable bonds is 6. The number of nitrogens with zero attached hydrogens (tertiary/aromatic N) is 8. The molecule has 3 aliphatic heterocycles. The number of pyridine rings is 2. The zero-order valence-corrected chi connectivity index (χ0v) is 24.4. The maximum atomic E-state index is 16.1. The summed E-state index contributed by atoms with van der Waals surface area (Å²) in [6.07, 6.45) is 7.35. The number of fused-ring (bicyclic) bond motifs is 1. The van der Waals surface area contributed by atoms with Crippen LogP contribution in [-0.2, 0) is 16.1 Å². The van der Waals surface area contributed by atoms with Crippen molar-refractivity contribution in [1.82, 2.24) is 34.3 Å². The van der Waals surface area contributed by atoms with Crippen molar-refractivity contribution in [2.24, 2.45) is 0 Å². The molecule has 0 aromatic carbocycles. The summed E-state index contributed by atoms with van der Waals surface area (Å²) in [5, 5.41) is 1.02. The van der Waals surface area contributed by atoms with Crippen molar-refractivity contribution in [3.8, 4) is 11.5 Å². The third-order valence-electron chi connectivity index (χ3n) is 8.69. The number of likely N-dealkylation sites (tertiary alicyclic amines) is 2. The van der Waals surface area contributed by atoms with E-state index in [1.807, 2.05) is 36.5 Å². The SMILES string of the molecule is O=C(N1CCC(n2c(-c3ccccn3)nc3cccnc32)CC1)C1(F)CCN(Cc2cnc(N3CCOCC3)s2)CC1. The lowest BCUT2D eigenvalue weighted by Gasteiger charge is -2.40. The average Bonchev–Trinajstić information content (AvgIpc) is 3.68. The van der Waals surface area contributed by atoms with Gasteiger partial charge in [-0.25, -0.2) is 19.3 Å². The van der Waals surface area contributed by atoms with E-state index in [1.165, 1.54) is 4.88 Å². The van der Waals surface area contributed by atoms with Gasteiger partial charge in [-0.05, 0) is 37.1 Å². The zero-order valence-electron chi connectivity index (χ0n) is 23.6. The van der Waals surface area contributed by atoms with Crippen LogP contribution in [0.4, 0.5) is 9.52 Å². The predicted molar refractivity (Wildman–Crippen MR) is 159 cm³/mol. The smallest absolute Gasteiger partial charge is 0.260 e. The number of halogens is 1. The van der Waals surface area contributed by atoms with Gasteiger partial charge in [0.25, 0.3) is 5.91 Å². The summed E-state index contributed by atoms with van der Waals surface area (Å²) in [6.45, 7) is 6.07. The lowest BCUT2D eigenvalue weighted by atomic mass is 9.90. The molecule has 0 aliphatic carbocycles. The minimum atomic E-state index is -1.81. The Bertz CT molecular complexity index is 1520. The Morgan fingerprint density at radius 1 is 0.976 bits per heavy atom. The number of thiazole rings is 1. The normalized spacial score (nSPS) is 20.3. The number of morpholine rings is 1. The van der Waals surface area contributed by atoms with E-state index in [2.05, 4.69) is 29.3 Å². The Morgan fingerprint density at radius 2 is 1.76 bits per heavy atom. The zero-order chi connectivity index (χ0) is 28.5. The van der Waals surface area contributed by atoms with Crippen LogP contribution in [0.15, 0.2) is 48.9 Å². The fraction of sp³-hybridized carbons (Fsp3) is 0.500. The van der Waals surface area contributed by atoms with Crippen LogP contribution in [0.25, 0.3) is 22.7 Å². The van der Waals surface area contributed by atoms with Crippen LogP contribution in [0.1, 0.15) is 36.6 Å². The van der Waals surface area contributed by atoms with Gasteiger partial charge in [-0.1, -0.05) is 6.07 Å². The van der Waals surface area contributed by atoms with Crippen molar-refractivity contribution in [3.63, 3.8) is 0 Å². The molecule has 12 heteroatoms. The Balaban J connectivity index is 0.969. The highest BCUT2D eigenvalue weighted by molar-refractivity contribution is 7.15. The molecule has 4 aromatic rings. The fourth-order valence-corrected chi connectivity index (χ4v) is 7.34. The molecule has 10 nitrogen and oxygen atoms in total. The molecule has 0 bridgehead atoms. The average molecular weight is 591 g/mol. The van der Waals surface area contributed by atoms with Gasteiger partial charge in [0.1, 0.15) is 11.2 Å². The van der Waals surface area contributed by atoms with E-state index in [4.69, 9.17) is 9.72 Å². The van der Waals surface area contributed by atoms with Crippen LogP contribution in [0.2, 0.25) is 0 Å². The van der Waals surface area contributed by atoms with Crippen LogP contribution in [0.5, 0.6) is 0 Å². The van der Waals surface area contributed by atoms with Gasteiger partial charge >= 0.3 is 0 Å². The van der Waals surface area contributed by atoms with Crippen LogP contribution < -0.4 is 4.90 Å². The second-order valence-corrected chi connectivity index (χ2v) is 12.4. The summed E-state index contributed by atoms with van der Waals surface area (Å²) in [6, 6.07) is 9.74. The number of carbonyl (C=O) groups excluding carboxylic acids is 1. The van der Waals surface area contributed by atoms with E-state index in [0.717, 1.165) is 60.7 Å². The number of hydrogen-bond donors (Lipinski definition) is 0. The molecule has 3 saturated heterocycles. The first-order valence-corrected chi connectivity index (χ1v) is 15.6. The van der Waals surface area contributed by atoms with Gasteiger partial charge in [-0.15, -0.1) is 11.3 Å². The van der Waals surface area contributed by atoms with E-state index < -0.39 is 5.67 Å². The third-order valence-corrected chi connectivity index (χ3v) is 9.74. The van der Waals surface area contributed by atoms with E-state index >= 15 is 4.39 Å². The molecule has 3 aliphatic rings. The number of ether oxygens (including phenoxy) is 1. The number of piperidine rings is 2. The number of carbonyl (C=O) groups is 1. The van der Waals surface area contributed by atoms with E-state index in [-0.39, 0.29) is 24.8 Å². The second-order valence-electron chi connectivity index (χ2n) is 11.3. The quantitative estimate of drug-likeness (QED) is 0.333. The van der Waals surface area contributed by atoms with Gasteiger partial charge < -0.3 is 19.1 Å². The van der Waals surface area contributed by atoms with Crippen molar-refractivity contribution in [3.05, 3.63) is 53.8 Å². The van der Waals surface area contributed by atoms with E-state index in [0.29, 0.717) is 39.0 Å². The lowest BCUT2D eigenvalue weighted by molar-refractivity contribution is -0.148. The molecular weight excluding hydrogens is 555 g/mol. The first-order valence-electron chi connectivity index (χ1n) is 14.8. The topological polar surface area (TPSA) is 92.5 Å². The minimum absolute atomic E-state index is 0.102. The number of imidazole rings is 1. The molecule has 42 heavy (non-hydrogen) atoms. The molecule has 7 heterocycles. The highest BCUT2D eigenvalue weighted by Crippen LogP contribution is 2.35. The number of alkyl halides is 1. The van der Waals surface area contributed by atoms with E-state index in [9.17, 15) is 4.79 Å². The standard InChI is InChI=1S/C30H35FN8O2S/c31-30(8-14-36(15-9-30)21-23-20-34-29(42-23)38-16-18-41-19-17-38)28(40)37-12-6-22(7-13-37)39-26-25(5-3-11-33-26)35-27(39)24-4-1-2-10-32-24/h1-5,10-11,20,22H,6-9,12-19,21H2. The van der Waals surface area contributed by atoms with Gasteiger partial charge in [-0.3, -0.25) is 14.7 Å². The lowest BCUT2D eigenvalue weighted by Crippen LogP contribution is -2.53. The van der Waals surface area contributed by atoms with Crippen LogP contribution >= 0.6 is 11.3 Å². The van der Waals surface area contributed by atoms with Crippen molar-refractivity contribution < 1.29 is 13.9 Å². The summed E-state index contributed by atoms with van der Waals surface area (Å²) >= 11 is 1.69. The van der Waals surface area contributed by atoms with Crippen molar-refractivity contribution in [2.45, 2.75) is 43.9 Å². The third kappa shape index (κ3) is 5.38. The Kier molecular flexibility index (Phi) is 7.59. The largest absolute Gasteiger partial charge is 0.378 e. The predicted octanol–water partition coefficient (Wildman–Crippen LogP) is 3.95. The Morgan fingerprint density at radius 3 is 2.52 bits per heavy atom. The van der Waals surface area contributed by atoms with Gasteiger partial charge in [0.05, 0.1) is 13.2 Å². The molecular formula is C30H35FN8O2S. The first kappa shape index (κ1) is 27.4. The highest BCUT2D eigenvalue weighted by Gasteiger charge is 2.45. The highest BCUT2D eigenvalue weighted by atomic mass is 32.1. The summed E-state index contributed by atoms with van der Waals surface area (Å²) in [5.74, 6) is 0.424. The molecule has 0 saturated carbocycles. The van der Waals surface area contributed by atoms with Crippen molar-refractivity contribution in [1.29, 1.82) is 0 Å². The van der Waals surface area contributed by atoms with Gasteiger partial charge in [0.15, 0.2) is 22.3 Å². The molecule has 0 spiro atoms. The van der Waals surface area contributed by atoms with Gasteiger partial charge in [0.2, 0.25) is 0 Å². The second kappa shape index (κ2) is 11.7. The minimum Gasteiger partial charge on any atom is -0.378 e. The van der Waals surface area contributed by atoms with Gasteiger partial charge in [0, 0.05) is 88.2 Å². The molecule has 4 aromatic heterocycles. The Labute approximate surface area is 248 Å². The van der Waals surface area contributed by atoms with Crippen molar-refractivity contribution >= 4 is 33.5 Å². The molecule has 3 fully saturated rings. The summed E-state index contributed by atoms with van der Waals surface area (Å²) in [5.41, 5.74) is 0.620. The number of anilines is 1. The van der Waals surface area contributed by atoms with Crippen molar-refractivity contribution in [2.75, 3.05) is 57.4 Å². The Hall–Kier alpha value is -3.48. The molecule has 0 atom stereocenters. The van der Waals surface area contributed by atoms with Gasteiger partial charge in [-0.2, -0.15) is 0 Å².